The van der Waals surface area contributed by atoms with Gasteiger partial charge in [-0.15, -0.1) is 0 Å². The minimum absolute atomic E-state index is 0.223. The van der Waals surface area contributed by atoms with E-state index in [2.05, 4.69) is 6.58 Å². The van der Waals surface area contributed by atoms with E-state index in [0.717, 1.165) is 0 Å². The maximum Gasteiger partial charge on any atom is 0.423 e. The van der Waals surface area contributed by atoms with E-state index >= 15 is 0 Å². The van der Waals surface area contributed by atoms with Crippen LogP contribution >= 0.6 is 0 Å². The Morgan fingerprint density at radius 3 is 2.40 bits per heavy atom. The average Bonchev–Trinajstić information content (AvgIpc) is 2.55. The Morgan fingerprint density at radius 1 is 1.35 bits per heavy atom. The lowest BCUT2D eigenvalue weighted by Gasteiger charge is -2.18. The minimum Gasteiger partial charge on any atom is -0.469 e. The molecule has 1 aromatic heterocycles. The lowest BCUT2D eigenvalue weighted by Crippen LogP contribution is -2.40. The highest BCUT2D eigenvalue weighted by molar-refractivity contribution is 5.11. The first-order valence-electron chi connectivity index (χ1n) is 5.27. The molecule has 1 fully saturated rings. The fraction of sp³-hybridized carbons (Fsp3) is 0.400. The van der Waals surface area contributed by atoms with Crippen LogP contribution < -0.4 is 11.2 Å². The van der Waals surface area contributed by atoms with Crippen LogP contribution in [0.5, 0.6) is 0 Å². The maximum absolute atomic E-state index is 12.6. The number of hydrogen-bond donors (Lipinski definition) is 3. The molecule has 2 heterocycles. The van der Waals surface area contributed by atoms with E-state index in [0.29, 0.717) is 4.57 Å². The largest absolute Gasteiger partial charge is 0.469 e. The number of aromatic amines is 1. The second-order valence-electron chi connectivity index (χ2n) is 4.12. The monoisotopic (exact) mass is 294 g/mol. The van der Waals surface area contributed by atoms with Gasteiger partial charge >= 0.3 is 11.9 Å². The molecule has 110 valence electrons. The van der Waals surface area contributed by atoms with Crippen LogP contribution in [0.1, 0.15) is 11.8 Å². The van der Waals surface area contributed by atoms with Crippen LogP contribution in [-0.2, 0) is 10.9 Å². The number of aromatic nitrogens is 2. The molecule has 1 aliphatic heterocycles. The minimum atomic E-state index is -4.98. The van der Waals surface area contributed by atoms with Crippen molar-refractivity contribution in [1.29, 1.82) is 0 Å². The second kappa shape index (κ2) is 4.49. The smallest absolute Gasteiger partial charge is 0.423 e. The van der Waals surface area contributed by atoms with Gasteiger partial charge in [0.1, 0.15) is 23.5 Å². The van der Waals surface area contributed by atoms with Gasteiger partial charge in [0.2, 0.25) is 6.23 Å². The summed E-state index contributed by atoms with van der Waals surface area (Å²) in [6, 6.07) is 0. The molecule has 1 aromatic rings. The van der Waals surface area contributed by atoms with Crippen LogP contribution in [-0.4, -0.2) is 32.0 Å². The first kappa shape index (κ1) is 14.3. The van der Waals surface area contributed by atoms with Crippen molar-refractivity contribution in [1.82, 2.24) is 9.55 Å². The van der Waals surface area contributed by atoms with E-state index in [-0.39, 0.29) is 12.0 Å². The van der Waals surface area contributed by atoms with Crippen molar-refractivity contribution in [2.24, 2.45) is 0 Å². The lowest BCUT2D eigenvalue weighted by molar-refractivity contribution is -0.139. The summed E-state index contributed by atoms with van der Waals surface area (Å²) in [5.74, 6) is -0.297. The zero-order valence-corrected chi connectivity index (χ0v) is 9.72. The number of aliphatic hydroxyl groups is 2. The van der Waals surface area contributed by atoms with Gasteiger partial charge < -0.3 is 14.9 Å². The molecule has 0 bridgehead atoms. The molecule has 3 atom stereocenters. The average molecular weight is 294 g/mol. The van der Waals surface area contributed by atoms with Gasteiger partial charge in [-0.3, -0.25) is 14.3 Å². The molecule has 0 saturated carbocycles. The van der Waals surface area contributed by atoms with Crippen LogP contribution in [0.25, 0.3) is 0 Å². The second-order valence-corrected chi connectivity index (χ2v) is 4.12. The van der Waals surface area contributed by atoms with E-state index in [1.54, 1.807) is 0 Å². The third kappa shape index (κ3) is 2.23. The number of nitrogens with zero attached hydrogens (tertiary/aromatic N) is 1. The summed E-state index contributed by atoms with van der Waals surface area (Å²) in [6.45, 7) is 3.24. The molecule has 7 nitrogen and oxygen atoms in total. The van der Waals surface area contributed by atoms with Gasteiger partial charge in [-0.2, -0.15) is 13.2 Å². The first-order chi connectivity index (χ1) is 9.12. The molecule has 0 spiro atoms. The van der Waals surface area contributed by atoms with Crippen LogP contribution in [0.15, 0.2) is 28.1 Å². The van der Waals surface area contributed by atoms with Crippen LogP contribution in [0.2, 0.25) is 0 Å². The quantitative estimate of drug-likeness (QED) is 0.636. The summed E-state index contributed by atoms with van der Waals surface area (Å²) in [4.78, 5) is 24.1. The Bertz CT molecular complexity index is 662. The van der Waals surface area contributed by atoms with E-state index in [9.17, 15) is 33.0 Å². The lowest BCUT2D eigenvalue weighted by atomic mass is 10.2. The van der Waals surface area contributed by atoms with E-state index in [1.165, 1.54) is 4.98 Å². The van der Waals surface area contributed by atoms with E-state index in [1.807, 2.05) is 0 Å². The third-order valence-corrected chi connectivity index (χ3v) is 2.77. The Hall–Kier alpha value is -2.07. The molecule has 3 N–H and O–H groups in total. The summed E-state index contributed by atoms with van der Waals surface area (Å²) in [7, 11) is 0. The van der Waals surface area contributed by atoms with Gasteiger partial charge in [0.25, 0.3) is 5.56 Å². The first-order valence-corrected chi connectivity index (χ1v) is 5.27. The summed E-state index contributed by atoms with van der Waals surface area (Å²) < 4.78 is 43.0. The van der Waals surface area contributed by atoms with Crippen molar-refractivity contribution < 1.29 is 28.1 Å². The number of aliphatic hydroxyl groups excluding tert-OH is 2. The fourth-order valence-electron chi connectivity index (χ4n) is 1.74. The third-order valence-electron chi connectivity index (χ3n) is 2.77. The van der Waals surface area contributed by atoms with Crippen molar-refractivity contribution in [3.05, 3.63) is 44.9 Å². The topological polar surface area (TPSA) is 105 Å². The highest BCUT2D eigenvalue weighted by Crippen LogP contribution is 2.31. The number of hydrogen-bond acceptors (Lipinski definition) is 5. The van der Waals surface area contributed by atoms with Crippen LogP contribution in [0.4, 0.5) is 13.2 Å². The van der Waals surface area contributed by atoms with Crippen molar-refractivity contribution in [3.63, 3.8) is 0 Å². The summed E-state index contributed by atoms with van der Waals surface area (Å²) in [6.07, 6.45) is -9.61. The van der Waals surface area contributed by atoms with Crippen molar-refractivity contribution >= 4 is 0 Å². The Labute approximate surface area is 108 Å². The predicted octanol–water partition coefficient (Wildman–Crippen LogP) is -0.680. The van der Waals surface area contributed by atoms with Crippen molar-refractivity contribution in [2.75, 3.05) is 0 Å². The number of rotatable bonds is 1. The molecule has 2 rings (SSSR count). The standard InChI is InChI=1S/C10H9F3N2O5/c1-3-5(16)6(17)8(20-3)15-2-4(10(11,12)13)7(18)14-9(15)19/h2,5-6,8,16-17H,1H2,(H,14,18,19)/t5-,6-,8-/m1/s1. The summed E-state index contributed by atoms with van der Waals surface area (Å²) in [5, 5.41) is 19.0. The molecule has 10 heteroatoms. The van der Waals surface area contributed by atoms with Gasteiger partial charge in [0.15, 0.2) is 0 Å². The number of nitrogens with one attached hydrogen (secondary N) is 1. The Morgan fingerprint density at radius 2 is 1.95 bits per heavy atom. The summed E-state index contributed by atoms with van der Waals surface area (Å²) in [5.41, 5.74) is -4.44. The highest BCUT2D eigenvalue weighted by atomic mass is 19.4. The summed E-state index contributed by atoms with van der Waals surface area (Å²) >= 11 is 0. The van der Waals surface area contributed by atoms with E-state index < -0.39 is 41.4 Å². The number of halogens is 3. The van der Waals surface area contributed by atoms with Crippen molar-refractivity contribution in [2.45, 2.75) is 24.6 Å². The molecule has 0 aliphatic carbocycles. The number of H-pyrrole nitrogens is 1. The van der Waals surface area contributed by atoms with Crippen molar-refractivity contribution in [3.8, 4) is 0 Å². The van der Waals surface area contributed by atoms with Gasteiger partial charge in [-0.05, 0) is 0 Å². The fourth-order valence-corrected chi connectivity index (χ4v) is 1.74. The Kier molecular flexibility index (Phi) is 3.22. The highest BCUT2D eigenvalue weighted by Gasteiger charge is 2.42. The maximum atomic E-state index is 12.6. The zero-order chi connectivity index (χ0) is 15.2. The molecule has 0 aromatic carbocycles. The molecule has 0 unspecified atom stereocenters. The SMILES string of the molecule is C=C1O[C@@H](n2cc(C(F)(F)F)c(=O)[nH]c2=O)[C@H](O)[C@@H]1O. The normalized spacial score (nSPS) is 26.6. The molecular weight excluding hydrogens is 285 g/mol. The van der Waals surface area contributed by atoms with Gasteiger partial charge in [0, 0.05) is 6.20 Å². The molecule has 0 radical (unpaired) electrons. The predicted molar refractivity (Wildman–Crippen MR) is 57.6 cm³/mol. The van der Waals surface area contributed by atoms with Crippen LogP contribution in [0, 0.1) is 0 Å². The molecular formula is C10H9F3N2O5. The van der Waals surface area contributed by atoms with Gasteiger partial charge in [0.05, 0.1) is 0 Å². The van der Waals surface area contributed by atoms with E-state index in [4.69, 9.17) is 4.74 Å². The molecule has 20 heavy (non-hydrogen) atoms. The zero-order valence-electron chi connectivity index (χ0n) is 9.72. The van der Waals surface area contributed by atoms with Crippen LogP contribution in [0.3, 0.4) is 0 Å². The number of alkyl halides is 3. The van der Waals surface area contributed by atoms with Gasteiger partial charge in [-0.25, -0.2) is 4.79 Å². The number of ether oxygens (including phenoxy) is 1. The molecule has 0 amide bonds. The Balaban J connectivity index is 2.56. The van der Waals surface area contributed by atoms with Gasteiger partial charge in [-0.1, -0.05) is 6.58 Å². The molecule has 1 saturated heterocycles. The molecule has 1 aliphatic rings.